The minimum absolute atomic E-state index is 0.155. The molecule has 64 valence electrons. The van der Waals surface area contributed by atoms with E-state index in [1.807, 2.05) is 0 Å². The van der Waals surface area contributed by atoms with E-state index < -0.39 is 6.08 Å². The van der Waals surface area contributed by atoms with Gasteiger partial charge in [0.15, 0.2) is 0 Å². The highest BCUT2D eigenvalue weighted by Crippen LogP contribution is 2.01. The quantitative estimate of drug-likeness (QED) is 0.553. The summed E-state index contributed by atoms with van der Waals surface area (Å²) in [7, 11) is 0. The number of hydrogen-bond acceptors (Lipinski definition) is 3. The summed E-state index contributed by atoms with van der Waals surface area (Å²) in [6.07, 6.45) is 1.48. The number of carbonyl (C=O) groups is 1. The van der Waals surface area contributed by atoms with E-state index in [2.05, 4.69) is 15.3 Å². The van der Waals surface area contributed by atoms with Crippen LogP contribution in [0.1, 0.15) is 0 Å². The monoisotopic (exact) mass is 189 g/mol. The third-order valence-electron chi connectivity index (χ3n) is 1.03. The highest BCUT2D eigenvalue weighted by atomic mass is 35.5. The van der Waals surface area contributed by atoms with Crippen LogP contribution in [-0.4, -0.2) is 21.8 Å². The van der Waals surface area contributed by atoms with Crippen LogP contribution in [0.2, 0.25) is 0 Å². The molecule has 0 saturated heterocycles. The maximum Gasteiger partial charge on any atom is 0.308 e. The molecule has 0 saturated carbocycles. The van der Waals surface area contributed by atoms with Gasteiger partial charge in [0.25, 0.3) is 0 Å². The molecule has 1 amide bonds. The van der Waals surface area contributed by atoms with Crippen molar-refractivity contribution in [2.45, 2.75) is 0 Å². The minimum atomic E-state index is -0.834. The SMILES string of the molecule is O=C(CCl)Nc1cnc(F)nc1. The zero-order chi connectivity index (χ0) is 8.97. The maximum atomic E-state index is 12.1. The van der Waals surface area contributed by atoms with Crippen molar-refractivity contribution in [3.8, 4) is 0 Å². The van der Waals surface area contributed by atoms with Gasteiger partial charge in [-0.05, 0) is 0 Å². The highest BCUT2D eigenvalue weighted by Gasteiger charge is 2.00. The number of carbonyl (C=O) groups excluding carboxylic acids is 1. The van der Waals surface area contributed by atoms with Gasteiger partial charge in [-0.1, -0.05) is 0 Å². The van der Waals surface area contributed by atoms with Gasteiger partial charge >= 0.3 is 6.08 Å². The van der Waals surface area contributed by atoms with Crippen molar-refractivity contribution in [2.24, 2.45) is 0 Å². The van der Waals surface area contributed by atoms with Crippen LogP contribution in [0.25, 0.3) is 0 Å². The van der Waals surface area contributed by atoms with Crippen molar-refractivity contribution in [2.75, 3.05) is 11.2 Å². The van der Waals surface area contributed by atoms with Gasteiger partial charge in [-0.15, -0.1) is 11.6 Å². The number of rotatable bonds is 2. The summed E-state index contributed by atoms with van der Waals surface area (Å²) < 4.78 is 12.1. The molecule has 0 atom stereocenters. The van der Waals surface area contributed by atoms with Crippen LogP contribution >= 0.6 is 11.6 Å². The Morgan fingerprint density at radius 1 is 1.58 bits per heavy atom. The Hall–Kier alpha value is -1.23. The van der Waals surface area contributed by atoms with Crippen LogP contribution in [0.3, 0.4) is 0 Å². The maximum absolute atomic E-state index is 12.1. The lowest BCUT2D eigenvalue weighted by Crippen LogP contribution is -2.13. The molecule has 1 aromatic rings. The van der Waals surface area contributed by atoms with Crippen molar-refractivity contribution in [1.82, 2.24) is 9.97 Å². The normalized spacial score (nSPS) is 9.50. The Kier molecular flexibility index (Phi) is 2.93. The Morgan fingerprint density at radius 3 is 2.67 bits per heavy atom. The fourth-order valence-corrected chi connectivity index (χ4v) is 0.638. The third kappa shape index (κ3) is 2.43. The minimum Gasteiger partial charge on any atom is -0.322 e. The molecule has 0 radical (unpaired) electrons. The number of nitrogens with zero attached hydrogens (tertiary/aromatic N) is 2. The van der Waals surface area contributed by atoms with Gasteiger partial charge in [-0.25, -0.2) is 9.97 Å². The van der Waals surface area contributed by atoms with E-state index in [1.165, 1.54) is 0 Å². The predicted octanol–water partition coefficient (Wildman–Crippen LogP) is 0.793. The molecule has 12 heavy (non-hydrogen) atoms. The zero-order valence-electron chi connectivity index (χ0n) is 5.92. The lowest BCUT2D eigenvalue weighted by Gasteiger charge is -1.99. The number of nitrogens with one attached hydrogen (secondary N) is 1. The molecule has 1 aromatic heterocycles. The average Bonchev–Trinajstić information content (AvgIpc) is 2.09. The summed E-state index contributed by atoms with van der Waals surface area (Å²) in [6.45, 7) is 0. The van der Waals surface area contributed by atoms with Crippen LogP contribution in [0, 0.1) is 6.08 Å². The second kappa shape index (κ2) is 3.96. The molecule has 0 aliphatic rings. The zero-order valence-corrected chi connectivity index (χ0v) is 6.68. The number of anilines is 1. The van der Waals surface area contributed by atoms with Gasteiger partial charge < -0.3 is 5.32 Å². The molecule has 0 aliphatic heterocycles. The number of amides is 1. The van der Waals surface area contributed by atoms with Crippen molar-refractivity contribution in [1.29, 1.82) is 0 Å². The molecule has 0 aliphatic carbocycles. The van der Waals surface area contributed by atoms with Crippen molar-refractivity contribution >= 4 is 23.2 Å². The molecule has 0 spiro atoms. The first-order chi connectivity index (χ1) is 5.72. The Morgan fingerprint density at radius 2 is 2.17 bits per heavy atom. The van der Waals surface area contributed by atoms with E-state index in [9.17, 15) is 9.18 Å². The van der Waals surface area contributed by atoms with Gasteiger partial charge in [-0.3, -0.25) is 4.79 Å². The molecule has 0 fully saturated rings. The van der Waals surface area contributed by atoms with E-state index in [0.717, 1.165) is 12.4 Å². The standard InChI is InChI=1S/C6H5ClFN3O/c7-1-5(12)11-4-2-9-6(8)10-3-4/h2-3H,1H2,(H,11,12). The van der Waals surface area contributed by atoms with Gasteiger partial charge in [0.2, 0.25) is 5.91 Å². The van der Waals surface area contributed by atoms with Crippen molar-refractivity contribution in [3.05, 3.63) is 18.5 Å². The fraction of sp³-hybridized carbons (Fsp3) is 0.167. The van der Waals surface area contributed by atoms with Gasteiger partial charge in [-0.2, -0.15) is 4.39 Å². The molecule has 1 rings (SSSR count). The van der Waals surface area contributed by atoms with E-state index in [0.29, 0.717) is 5.69 Å². The van der Waals surface area contributed by atoms with Gasteiger partial charge in [0.05, 0.1) is 18.1 Å². The lowest BCUT2D eigenvalue weighted by atomic mass is 10.5. The van der Waals surface area contributed by atoms with E-state index in [1.54, 1.807) is 0 Å². The second-order valence-electron chi connectivity index (χ2n) is 1.92. The van der Waals surface area contributed by atoms with E-state index >= 15 is 0 Å². The molecule has 0 aromatic carbocycles. The summed E-state index contributed by atoms with van der Waals surface area (Å²) in [4.78, 5) is 17.1. The molecule has 1 N–H and O–H groups in total. The van der Waals surface area contributed by atoms with Crippen LogP contribution < -0.4 is 5.32 Å². The summed E-state index contributed by atoms with van der Waals surface area (Å²) in [5.74, 6) is -0.538. The van der Waals surface area contributed by atoms with Crippen molar-refractivity contribution < 1.29 is 9.18 Å². The van der Waals surface area contributed by atoms with E-state index in [4.69, 9.17) is 11.6 Å². The first kappa shape index (κ1) is 8.86. The van der Waals surface area contributed by atoms with Gasteiger partial charge in [0.1, 0.15) is 5.88 Å². The Bertz CT molecular complexity index is 277. The molecule has 0 bridgehead atoms. The second-order valence-corrected chi connectivity index (χ2v) is 2.19. The first-order valence-corrected chi connectivity index (χ1v) is 3.59. The molecular weight excluding hydrogens is 185 g/mol. The largest absolute Gasteiger partial charge is 0.322 e. The van der Waals surface area contributed by atoms with Crippen LogP contribution in [0.4, 0.5) is 10.1 Å². The molecular formula is C6H5ClFN3O. The molecule has 6 heteroatoms. The lowest BCUT2D eigenvalue weighted by molar-refractivity contribution is -0.113. The predicted molar refractivity (Wildman–Crippen MR) is 41.3 cm³/mol. The van der Waals surface area contributed by atoms with Crippen LogP contribution in [-0.2, 0) is 4.79 Å². The fourth-order valence-electron chi connectivity index (χ4n) is 0.571. The van der Waals surface area contributed by atoms with Gasteiger partial charge in [0, 0.05) is 0 Å². The summed E-state index contributed by atoms with van der Waals surface area (Å²) in [5, 5.41) is 2.36. The summed E-state index contributed by atoms with van der Waals surface area (Å²) in [5.41, 5.74) is 0.321. The number of alkyl halides is 1. The van der Waals surface area contributed by atoms with Crippen molar-refractivity contribution in [3.63, 3.8) is 0 Å². The summed E-state index contributed by atoms with van der Waals surface area (Å²) in [6, 6.07) is 0. The summed E-state index contributed by atoms with van der Waals surface area (Å²) >= 11 is 5.21. The number of hydrogen-bond donors (Lipinski definition) is 1. The average molecular weight is 190 g/mol. The third-order valence-corrected chi connectivity index (χ3v) is 1.27. The molecule has 4 nitrogen and oxygen atoms in total. The van der Waals surface area contributed by atoms with E-state index in [-0.39, 0.29) is 11.8 Å². The number of halogens is 2. The number of aromatic nitrogens is 2. The Balaban J connectivity index is 2.64. The molecule has 0 unspecified atom stereocenters. The molecule has 1 heterocycles. The first-order valence-electron chi connectivity index (χ1n) is 3.05. The topological polar surface area (TPSA) is 54.9 Å². The van der Waals surface area contributed by atoms with Crippen LogP contribution in [0.15, 0.2) is 12.4 Å². The highest BCUT2D eigenvalue weighted by molar-refractivity contribution is 6.29. The Labute approximate surface area is 72.8 Å². The van der Waals surface area contributed by atoms with Crippen LogP contribution in [0.5, 0.6) is 0 Å². The smallest absolute Gasteiger partial charge is 0.308 e.